The van der Waals surface area contributed by atoms with Gasteiger partial charge in [-0.3, -0.25) is 9.59 Å². The van der Waals surface area contributed by atoms with Crippen molar-refractivity contribution >= 4 is 18.0 Å². The first-order valence-electron chi connectivity index (χ1n) is 13.8. The second-order valence-electron chi connectivity index (χ2n) is 10.0. The van der Waals surface area contributed by atoms with Crippen molar-refractivity contribution in [2.45, 2.75) is 38.0 Å². The van der Waals surface area contributed by atoms with Crippen molar-refractivity contribution in [2.24, 2.45) is 0 Å². The van der Waals surface area contributed by atoms with Gasteiger partial charge in [-0.15, -0.1) is 0 Å². The molecule has 8 nitrogen and oxygen atoms in total. The van der Waals surface area contributed by atoms with Gasteiger partial charge in [-0.1, -0.05) is 30.3 Å². The molecule has 0 spiro atoms. The van der Waals surface area contributed by atoms with Gasteiger partial charge in [0.1, 0.15) is 30.0 Å². The van der Waals surface area contributed by atoms with Crippen LogP contribution >= 0.6 is 0 Å². The van der Waals surface area contributed by atoms with E-state index in [0.29, 0.717) is 42.3 Å². The monoisotopic (exact) mass is 571 g/mol. The number of amides is 1. The first-order chi connectivity index (χ1) is 20.4. The SMILES string of the molecule is COc1ccc(C#N)cc1C=CC(=O)N[C@H](CC(=O)OCc1ccccc1)CN1CCC(Oc2ccc(F)cc2)CC1. The zero-order valence-corrected chi connectivity index (χ0v) is 23.5. The van der Waals surface area contributed by atoms with E-state index in [4.69, 9.17) is 14.2 Å². The first kappa shape index (κ1) is 30.3. The Balaban J connectivity index is 1.36. The van der Waals surface area contributed by atoms with E-state index >= 15 is 0 Å². The van der Waals surface area contributed by atoms with Crippen molar-refractivity contribution in [3.8, 4) is 17.6 Å². The minimum absolute atomic E-state index is 0.00215. The molecule has 1 aliphatic rings. The number of esters is 1. The predicted octanol–water partition coefficient (Wildman–Crippen LogP) is 4.88. The number of carbonyl (C=O) groups excluding carboxylic acids is 2. The van der Waals surface area contributed by atoms with Gasteiger partial charge in [-0.2, -0.15) is 5.26 Å². The summed E-state index contributed by atoms with van der Waals surface area (Å²) in [6.45, 7) is 2.04. The highest BCUT2D eigenvalue weighted by Gasteiger charge is 2.25. The molecule has 1 N–H and O–H groups in total. The van der Waals surface area contributed by atoms with Gasteiger partial charge >= 0.3 is 5.97 Å². The molecule has 0 aromatic heterocycles. The summed E-state index contributed by atoms with van der Waals surface area (Å²) in [5.74, 6) is 0.0627. The number of hydrogen-bond acceptors (Lipinski definition) is 7. The molecular formula is C33H34FN3O5. The number of nitrogens with zero attached hydrogens (tertiary/aromatic N) is 2. The second-order valence-corrected chi connectivity index (χ2v) is 10.0. The van der Waals surface area contributed by atoms with Gasteiger partial charge in [-0.05, 0) is 66.9 Å². The maximum atomic E-state index is 13.2. The molecule has 4 rings (SSSR count). The van der Waals surface area contributed by atoms with Crippen LogP contribution in [0.5, 0.6) is 11.5 Å². The zero-order valence-electron chi connectivity index (χ0n) is 23.5. The van der Waals surface area contributed by atoms with Crippen molar-refractivity contribution in [1.29, 1.82) is 5.26 Å². The van der Waals surface area contributed by atoms with E-state index in [-0.39, 0.29) is 30.9 Å². The molecular weight excluding hydrogens is 537 g/mol. The number of likely N-dealkylation sites (tertiary alicyclic amines) is 1. The number of ether oxygens (including phenoxy) is 3. The van der Waals surface area contributed by atoms with Crippen molar-refractivity contribution < 1.29 is 28.2 Å². The molecule has 3 aromatic carbocycles. The number of nitrogens with one attached hydrogen (secondary N) is 1. The van der Waals surface area contributed by atoms with Crippen LogP contribution in [0.15, 0.2) is 78.9 Å². The standard InChI is InChI=1S/C33H34FN3O5/c1-40-31-13-7-25(21-35)19-26(31)8-14-32(38)36-28(20-33(39)41-23-24-5-3-2-4-6-24)22-37-17-15-30(16-18-37)42-29-11-9-27(34)10-12-29/h2-14,19,28,30H,15-18,20,22-23H2,1H3,(H,36,38)/t28-/m1/s1. The van der Waals surface area contributed by atoms with Crippen LogP contribution in [0, 0.1) is 17.1 Å². The van der Waals surface area contributed by atoms with Crippen LogP contribution in [0.4, 0.5) is 4.39 Å². The zero-order chi connectivity index (χ0) is 29.7. The van der Waals surface area contributed by atoms with Gasteiger partial charge in [0.05, 0.1) is 31.2 Å². The Morgan fingerprint density at radius 2 is 1.83 bits per heavy atom. The van der Waals surface area contributed by atoms with E-state index in [0.717, 1.165) is 18.4 Å². The van der Waals surface area contributed by atoms with E-state index in [9.17, 15) is 19.2 Å². The smallest absolute Gasteiger partial charge is 0.308 e. The number of rotatable bonds is 12. The third-order valence-corrected chi connectivity index (χ3v) is 6.90. The number of benzene rings is 3. The lowest BCUT2D eigenvalue weighted by Gasteiger charge is -2.34. The molecule has 1 atom stereocenters. The van der Waals surface area contributed by atoms with Gasteiger partial charge in [0.25, 0.3) is 0 Å². The Hall–Kier alpha value is -4.68. The highest BCUT2D eigenvalue weighted by atomic mass is 19.1. The van der Waals surface area contributed by atoms with Crippen molar-refractivity contribution in [3.63, 3.8) is 0 Å². The molecule has 0 aliphatic carbocycles. The summed E-state index contributed by atoms with van der Waals surface area (Å²) < 4.78 is 30.0. The van der Waals surface area contributed by atoms with Crippen molar-refractivity contribution in [1.82, 2.24) is 10.2 Å². The first-order valence-corrected chi connectivity index (χ1v) is 13.8. The topological polar surface area (TPSA) is 101 Å². The molecule has 1 amide bonds. The summed E-state index contributed by atoms with van der Waals surface area (Å²) in [7, 11) is 1.52. The Kier molecular flexibility index (Phi) is 11.1. The molecule has 1 aliphatic heterocycles. The van der Waals surface area contributed by atoms with E-state index < -0.39 is 12.0 Å². The quantitative estimate of drug-likeness (QED) is 0.244. The Morgan fingerprint density at radius 3 is 2.52 bits per heavy atom. The van der Waals surface area contributed by atoms with Gasteiger partial charge in [-0.25, -0.2) is 4.39 Å². The Bertz CT molecular complexity index is 1400. The molecule has 0 bridgehead atoms. The number of halogens is 1. The number of carbonyl (C=O) groups is 2. The van der Waals surface area contributed by atoms with Crippen LogP contribution in [0.1, 0.15) is 36.0 Å². The fourth-order valence-electron chi connectivity index (χ4n) is 4.74. The summed E-state index contributed by atoms with van der Waals surface area (Å²) >= 11 is 0. The third-order valence-electron chi connectivity index (χ3n) is 6.90. The lowest BCUT2D eigenvalue weighted by Crippen LogP contribution is -2.48. The van der Waals surface area contributed by atoms with Crippen LogP contribution in [-0.4, -0.2) is 55.7 Å². The largest absolute Gasteiger partial charge is 0.496 e. The minimum Gasteiger partial charge on any atom is -0.496 e. The molecule has 1 saturated heterocycles. The highest BCUT2D eigenvalue weighted by Crippen LogP contribution is 2.22. The van der Waals surface area contributed by atoms with Crippen molar-refractivity contribution in [2.75, 3.05) is 26.7 Å². The van der Waals surface area contributed by atoms with Crippen LogP contribution in [-0.2, 0) is 20.9 Å². The Labute approximate surface area is 245 Å². The van der Waals surface area contributed by atoms with Crippen molar-refractivity contribution in [3.05, 3.63) is 101 Å². The van der Waals surface area contributed by atoms with Crippen LogP contribution < -0.4 is 14.8 Å². The van der Waals surface area contributed by atoms with Crippen LogP contribution in [0.3, 0.4) is 0 Å². The average molecular weight is 572 g/mol. The van der Waals surface area contributed by atoms with Gasteiger partial charge in [0.15, 0.2) is 0 Å². The van der Waals surface area contributed by atoms with E-state index in [1.165, 1.54) is 25.3 Å². The van der Waals surface area contributed by atoms with E-state index in [2.05, 4.69) is 16.3 Å². The fourth-order valence-corrected chi connectivity index (χ4v) is 4.74. The lowest BCUT2D eigenvalue weighted by atomic mass is 10.1. The van der Waals surface area contributed by atoms with Gasteiger partial charge in [0, 0.05) is 31.3 Å². The molecule has 218 valence electrons. The highest BCUT2D eigenvalue weighted by molar-refractivity contribution is 5.92. The normalized spacial score (nSPS) is 14.6. The fraction of sp³-hybridized carbons (Fsp3) is 0.303. The maximum Gasteiger partial charge on any atom is 0.308 e. The molecule has 1 heterocycles. The summed E-state index contributed by atoms with van der Waals surface area (Å²) in [5, 5.41) is 12.2. The molecule has 0 radical (unpaired) electrons. The summed E-state index contributed by atoms with van der Waals surface area (Å²) in [6.07, 6.45) is 4.46. The number of methoxy groups -OCH3 is 1. The Morgan fingerprint density at radius 1 is 1.10 bits per heavy atom. The number of piperidine rings is 1. The number of hydrogen-bond donors (Lipinski definition) is 1. The number of nitriles is 1. The molecule has 0 saturated carbocycles. The molecule has 3 aromatic rings. The minimum atomic E-state index is -0.493. The summed E-state index contributed by atoms with van der Waals surface area (Å²) in [6, 6.07) is 21.9. The van der Waals surface area contributed by atoms with Gasteiger partial charge in [0.2, 0.25) is 5.91 Å². The summed E-state index contributed by atoms with van der Waals surface area (Å²) in [4.78, 5) is 27.9. The molecule has 1 fully saturated rings. The molecule has 42 heavy (non-hydrogen) atoms. The van der Waals surface area contributed by atoms with Gasteiger partial charge < -0.3 is 24.4 Å². The van der Waals surface area contributed by atoms with E-state index in [1.54, 1.807) is 36.4 Å². The third kappa shape index (κ3) is 9.46. The second kappa shape index (κ2) is 15.4. The van der Waals surface area contributed by atoms with Crippen LogP contribution in [0.25, 0.3) is 6.08 Å². The average Bonchev–Trinajstić information content (AvgIpc) is 3.01. The van der Waals surface area contributed by atoms with Crippen LogP contribution in [0.2, 0.25) is 0 Å². The molecule has 0 unspecified atom stereocenters. The predicted molar refractivity (Wildman–Crippen MR) is 156 cm³/mol. The lowest BCUT2D eigenvalue weighted by molar-refractivity contribution is -0.145. The molecule has 9 heteroatoms. The maximum absolute atomic E-state index is 13.2. The summed E-state index contributed by atoms with van der Waals surface area (Å²) in [5.41, 5.74) is 1.92. The van der Waals surface area contributed by atoms with E-state index in [1.807, 2.05) is 30.3 Å².